The molecule has 0 saturated carbocycles. The van der Waals surface area contributed by atoms with Gasteiger partial charge in [-0.3, -0.25) is 4.79 Å². The Labute approximate surface area is 160 Å². The SMILES string of the molecule is COc1ccc(C(=O)Nc2ccc(C(C)(C)C#N)c(C(F)(F)F)c2)cc1OC. The number of methoxy groups -OCH3 is 2. The number of alkyl halides is 3. The summed E-state index contributed by atoms with van der Waals surface area (Å²) in [6.45, 7) is 2.80. The first kappa shape index (κ1) is 21.1. The van der Waals surface area contributed by atoms with Gasteiger partial charge in [-0.1, -0.05) is 6.07 Å². The summed E-state index contributed by atoms with van der Waals surface area (Å²) in [6.07, 6.45) is -4.67. The number of benzene rings is 2. The van der Waals surface area contributed by atoms with Crippen LogP contribution in [0.4, 0.5) is 18.9 Å². The summed E-state index contributed by atoms with van der Waals surface area (Å²) in [5, 5.41) is 11.6. The molecular weight excluding hydrogens is 373 g/mol. The number of anilines is 1. The maximum absolute atomic E-state index is 13.5. The van der Waals surface area contributed by atoms with Crippen LogP contribution in [0.2, 0.25) is 0 Å². The van der Waals surface area contributed by atoms with E-state index in [1.54, 1.807) is 0 Å². The molecule has 1 amide bonds. The van der Waals surface area contributed by atoms with Crippen molar-refractivity contribution < 1.29 is 27.4 Å². The van der Waals surface area contributed by atoms with Crippen LogP contribution in [0.5, 0.6) is 11.5 Å². The Bertz CT molecular complexity index is 931. The first-order chi connectivity index (χ1) is 13.0. The average Bonchev–Trinajstić information content (AvgIpc) is 2.66. The van der Waals surface area contributed by atoms with Crippen LogP contribution in [0, 0.1) is 11.3 Å². The second kappa shape index (κ2) is 7.80. The van der Waals surface area contributed by atoms with Gasteiger partial charge in [0.25, 0.3) is 5.91 Å². The zero-order valence-electron chi connectivity index (χ0n) is 15.8. The predicted molar refractivity (Wildman–Crippen MR) is 97.6 cm³/mol. The molecule has 0 atom stereocenters. The van der Waals surface area contributed by atoms with Crippen LogP contribution in [0.3, 0.4) is 0 Å². The lowest BCUT2D eigenvalue weighted by Crippen LogP contribution is -2.22. The first-order valence-electron chi connectivity index (χ1n) is 8.20. The second-order valence-corrected chi connectivity index (χ2v) is 6.52. The molecule has 2 aromatic carbocycles. The lowest BCUT2D eigenvalue weighted by Gasteiger charge is -2.22. The van der Waals surface area contributed by atoms with Gasteiger partial charge in [0.1, 0.15) is 0 Å². The minimum atomic E-state index is -4.67. The van der Waals surface area contributed by atoms with Crippen molar-refractivity contribution in [3.05, 3.63) is 53.1 Å². The molecule has 0 bridgehead atoms. The fraction of sp³-hybridized carbons (Fsp3) is 0.300. The number of hydrogen-bond donors (Lipinski definition) is 1. The van der Waals surface area contributed by atoms with E-state index in [0.717, 1.165) is 6.07 Å². The lowest BCUT2D eigenvalue weighted by molar-refractivity contribution is -0.138. The van der Waals surface area contributed by atoms with Crippen molar-refractivity contribution in [2.24, 2.45) is 0 Å². The molecule has 2 rings (SSSR count). The molecule has 0 fully saturated rings. The van der Waals surface area contributed by atoms with E-state index in [1.165, 1.54) is 58.4 Å². The van der Waals surface area contributed by atoms with Gasteiger partial charge < -0.3 is 14.8 Å². The standard InChI is InChI=1S/C20H19F3N2O3/c1-19(2,11-24)14-7-6-13(10-15(14)20(21,22)23)25-18(26)12-5-8-16(27-3)17(9-12)28-4/h5-10H,1-4H3,(H,25,26). The quantitative estimate of drug-likeness (QED) is 0.795. The fourth-order valence-corrected chi connectivity index (χ4v) is 2.64. The molecule has 0 radical (unpaired) electrons. The highest BCUT2D eigenvalue weighted by Crippen LogP contribution is 2.39. The molecule has 0 heterocycles. The molecule has 0 aliphatic rings. The van der Waals surface area contributed by atoms with Crippen molar-refractivity contribution in [3.63, 3.8) is 0 Å². The van der Waals surface area contributed by atoms with Crippen molar-refractivity contribution in [3.8, 4) is 17.6 Å². The normalized spacial score (nSPS) is 11.5. The van der Waals surface area contributed by atoms with Crippen LogP contribution in [0.1, 0.15) is 35.3 Å². The summed E-state index contributed by atoms with van der Waals surface area (Å²) in [5.74, 6) is 0.125. The van der Waals surface area contributed by atoms with Crippen molar-refractivity contribution in [1.82, 2.24) is 0 Å². The number of carbonyl (C=O) groups excluding carboxylic acids is 1. The van der Waals surface area contributed by atoms with E-state index in [4.69, 9.17) is 9.47 Å². The molecule has 28 heavy (non-hydrogen) atoms. The van der Waals surface area contributed by atoms with Crippen molar-refractivity contribution in [2.45, 2.75) is 25.4 Å². The molecule has 148 valence electrons. The van der Waals surface area contributed by atoms with E-state index >= 15 is 0 Å². The fourth-order valence-electron chi connectivity index (χ4n) is 2.64. The van der Waals surface area contributed by atoms with Crippen molar-refractivity contribution in [2.75, 3.05) is 19.5 Å². The highest BCUT2D eigenvalue weighted by molar-refractivity contribution is 6.04. The number of carbonyl (C=O) groups is 1. The number of halogens is 3. The van der Waals surface area contributed by atoms with Gasteiger partial charge in [-0.25, -0.2) is 0 Å². The van der Waals surface area contributed by atoms with Crippen LogP contribution in [-0.2, 0) is 11.6 Å². The molecule has 0 saturated heterocycles. The lowest BCUT2D eigenvalue weighted by atomic mass is 9.83. The Morgan fingerprint density at radius 3 is 2.18 bits per heavy atom. The topological polar surface area (TPSA) is 71.3 Å². The van der Waals surface area contributed by atoms with Crippen LogP contribution in [0.15, 0.2) is 36.4 Å². The van der Waals surface area contributed by atoms with Gasteiger partial charge in [0.2, 0.25) is 0 Å². The molecule has 0 spiro atoms. The number of hydrogen-bond acceptors (Lipinski definition) is 4. The van der Waals surface area contributed by atoms with Crippen LogP contribution < -0.4 is 14.8 Å². The first-order valence-corrected chi connectivity index (χ1v) is 8.20. The molecule has 2 aromatic rings. The van der Waals surface area contributed by atoms with Gasteiger partial charge >= 0.3 is 6.18 Å². The maximum Gasteiger partial charge on any atom is 0.416 e. The minimum Gasteiger partial charge on any atom is -0.493 e. The van der Waals surface area contributed by atoms with Gasteiger partial charge in [-0.15, -0.1) is 0 Å². The largest absolute Gasteiger partial charge is 0.493 e. The van der Waals surface area contributed by atoms with Gasteiger partial charge in [0.05, 0.1) is 31.3 Å². The Morgan fingerprint density at radius 1 is 1.00 bits per heavy atom. The zero-order valence-corrected chi connectivity index (χ0v) is 15.8. The van der Waals surface area contributed by atoms with Crippen molar-refractivity contribution >= 4 is 11.6 Å². The summed E-state index contributed by atoms with van der Waals surface area (Å²) in [4.78, 5) is 12.4. The molecule has 5 nitrogen and oxygen atoms in total. The smallest absolute Gasteiger partial charge is 0.416 e. The maximum atomic E-state index is 13.5. The number of ether oxygens (including phenoxy) is 2. The average molecular weight is 392 g/mol. The number of nitrogens with one attached hydrogen (secondary N) is 1. The van der Waals surface area contributed by atoms with E-state index in [-0.39, 0.29) is 16.8 Å². The highest BCUT2D eigenvalue weighted by atomic mass is 19.4. The van der Waals surface area contributed by atoms with Crippen LogP contribution >= 0.6 is 0 Å². The monoisotopic (exact) mass is 392 g/mol. The molecular formula is C20H19F3N2O3. The van der Waals surface area contributed by atoms with Crippen molar-refractivity contribution in [1.29, 1.82) is 5.26 Å². The minimum absolute atomic E-state index is 0.0374. The van der Waals surface area contributed by atoms with Crippen LogP contribution in [0.25, 0.3) is 0 Å². The highest BCUT2D eigenvalue weighted by Gasteiger charge is 2.38. The summed E-state index contributed by atoms with van der Waals surface area (Å²) in [5.41, 5.74) is -2.32. The Kier molecular flexibility index (Phi) is 5.88. The summed E-state index contributed by atoms with van der Waals surface area (Å²) >= 11 is 0. The number of amides is 1. The molecule has 0 aromatic heterocycles. The second-order valence-electron chi connectivity index (χ2n) is 6.52. The number of nitrogens with zero attached hydrogens (tertiary/aromatic N) is 1. The third-order valence-corrected chi connectivity index (χ3v) is 4.18. The molecule has 0 unspecified atom stereocenters. The molecule has 8 heteroatoms. The Balaban J connectivity index is 2.39. The van der Waals surface area contributed by atoms with E-state index < -0.39 is 23.1 Å². The van der Waals surface area contributed by atoms with Crippen LogP contribution in [-0.4, -0.2) is 20.1 Å². The third kappa shape index (κ3) is 4.36. The molecule has 1 N–H and O–H groups in total. The van der Waals surface area contributed by atoms with E-state index in [9.17, 15) is 23.2 Å². The van der Waals surface area contributed by atoms with E-state index in [0.29, 0.717) is 11.5 Å². The van der Waals surface area contributed by atoms with Gasteiger partial charge in [-0.2, -0.15) is 18.4 Å². The Hall–Kier alpha value is -3.21. The predicted octanol–water partition coefficient (Wildman–Crippen LogP) is 4.78. The zero-order chi connectivity index (χ0) is 21.1. The summed E-state index contributed by atoms with van der Waals surface area (Å²) in [6, 6.07) is 9.64. The Morgan fingerprint density at radius 2 is 1.64 bits per heavy atom. The number of rotatable bonds is 5. The molecule has 0 aliphatic heterocycles. The summed E-state index contributed by atoms with van der Waals surface area (Å²) < 4.78 is 50.7. The van der Waals surface area contributed by atoms with Gasteiger partial charge in [0, 0.05) is 11.3 Å². The van der Waals surface area contributed by atoms with Gasteiger partial charge in [-0.05, 0) is 49.7 Å². The van der Waals surface area contributed by atoms with Gasteiger partial charge in [0.15, 0.2) is 11.5 Å². The van der Waals surface area contributed by atoms with E-state index in [2.05, 4.69) is 5.32 Å². The van der Waals surface area contributed by atoms with E-state index in [1.807, 2.05) is 6.07 Å². The number of nitriles is 1. The summed E-state index contributed by atoms with van der Waals surface area (Å²) in [7, 11) is 2.85. The third-order valence-electron chi connectivity index (χ3n) is 4.18. The molecule has 0 aliphatic carbocycles.